The van der Waals surface area contributed by atoms with E-state index in [-0.39, 0.29) is 18.1 Å². The highest BCUT2D eigenvalue weighted by atomic mass is 19.3. The van der Waals surface area contributed by atoms with Gasteiger partial charge in [-0.3, -0.25) is 9.69 Å². The second-order valence-electron chi connectivity index (χ2n) is 6.43. The Morgan fingerprint density at radius 2 is 1.79 bits per heavy atom. The predicted molar refractivity (Wildman–Crippen MR) is 100 cm³/mol. The Morgan fingerprint density at radius 1 is 1.11 bits per heavy atom. The van der Waals surface area contributed by atoms with Crippen molar-refractivity contribution in [2.24, 2.45) is 0 Å². The number of anilines is 1. The maximum absolute atomic E-state index is 12.1. The molecule has 1 aliphatic rings. The summed E-state index contributed by atoms with van der Waals surface area (Å²) in [5.41, 5.74) is 0.746. The summed E-state index contributed by atoms with van der Waals surface area (Å²) in [4.78, 5) is 25.0. The number of benzene rings is 1. The largest absolute Gasteiger partial charge is 0.435 e. The Balaban J connectivity index is 1.33. The van der Waals surface area contributed by atoms with Crippen LogP contribution in [0.15, 0.2) is 42.7 Å². The second kappa shape index (κ2) is 9.93. The van der Waals surface area contributed by atoms with Crippen molar-refractivity contribution in [1.29, 1.82) is 0 Å². The maximum atomic E-state index is 12.1. The van der Waals surface area contributed by atoms with Crippen LogP contribution in [0.1, 0.15) is 5.56 Å². The van der Waals surface area contributed by atoms with Gasteiger partial charge in [0.15, 0.2) is 0 Å². The van der Waals surface area contributed by atoms with Crippen molar-refractivity contribution < 1.29 is 18.3 Å². The maximum Gasteiger partial charge on any atom is 0.387 e. The Bertz CT molecular complexity index is 738. The molecule has 1 saturated heterocycles. The number of ether oxygens (including phenoxy) is 1. The molecule has 0 atom stereocenters. The summed E-state index contributed by atoms with van der Waals surface area (Å²) in [5.74, 6) is 0.735. The summed E-state index contributed by atoms with van der Waals surface area (Å²) in [6, 6.07) is 7.90. The van der Waals surface area contributed by atoms with E-state index in [1.807, 2.05) is 0 Å². The lowest BCUT2D eigenvalue weighted by molar-refractivity contribution is -0.120. The lowest BCUT2D eigenvalue weighted by Crippen LogP contribution is -2.49. The van der Waals surface area contributed by atoms with E-state index in [2.05, 4.69) is 29.8 Å². The minimum atomic E-state index is -2.85. The molecule has 28 heavy (non-hydrogen) atoms. The van der Waals surface area contributed by atoms with Crippen LogP contribution in [0.5, 0.6) is 5.75 Å². The van der Waals surface area contributed by atoms with Crippen molar-refractivity contribution in [3.8, 4) is 5.75 Å². The van der Waals surface area contributed by atoms with E-state index in [0.717, 1.165) is 44.2 Å². The van der Waals surface area contributed by atoms with E-state index in [0.29, 0.717) is 6.54 Å². The fraction of sp³-hybridized carbons (Fsp3) is 0.421. The normalized spacial score (nSPS) is 14.9. The molecular formula is C19H23F2N5O2. The van der Waals surface area contributed by atoms with Crippen LogP contribution in [-0.4, -0.2) is 66.7 Å². The number of carbonyl (C=O) groups excluding carboxylic acids is 1. The third-order valence-corrected chi connectivity index (χ3v) is 4.47. The molecule has 9 heteroatoms. The molecule has 1 fully saturated rings. The average molecular weight is 391 g/mol. The first-order chi connectivity index (χ1) is 13.6. The monoisotopic (exact) mass is 391 g/mol. The van der Waals surface area contributed by atoms with Gasteiger partial charge in [0.2, 0.25) is 11.9 Å². The van der Waals surface area contributed by atoms with E-state index in [9.17, 15) is 13.6 Å². The first-order valence-corrected chi connectivity index (χ1v) is 9.15. The minimum absolute atomic E-state index is 0.0826. The molecule has 2 heterocycles. The van der Waals surface area contributed by atoms with Crippen molar-refractivity contribution >= 4 is 11.9 Å². The van der Waals surface area contributed by atoms with Crippen LogP contribution in [-0.2, 0) is 11.2 Å². The Hall–Kier alpha value is -2.81. The number of hydrogen-bond acceptors (Lipinski definition) is 6. The highest BCUT2D eigenvalue weighted by molar-refractivity contribution is 5.78. The van der Waals surface area contributed by atoms with Crippen molar-refractivity contribution in [2.45, 2.75) is 13.0 Å². The molecule has 0 saturated carbocycles. The zero-order valence-electron chi connectivity index (χ0n) is 15.4. The number of nitrogens with one attached hydrogen (secondary N) is 1. The lowest BCUT2D eigenvalue weighted by atomic mass is 10.1. The van der Waals surface area contributed by atoms with Gasteiger partial charge in [0.25, 0.3) is 0 Å². The topological polar surface area (TPSA) is 70.6 Å². The number of halogens is 2. The quantitative estimate of drug-likeness (QED) is 0.737. The van der Waals surface area contributed by atoms with Gasteiger partial charge in [0.1, 0.15) is 5.75 Å². The van der Waals surface area contributed by atoms with Crippen LogP contribution in [0, 0.1) is 0 Å². The molecule has 1 amide bonds. The number of aromatic nitrogens is 2. The summed E-state index contributed by atoms with van der Waals surface area (Å²) in [6.07, 6.45) is 3.68. The van der Waals surface area contributed by atoms with Crippen molar-refractivity contribution in [3.05, 3.63) is 48.3 Å². The molecule has 1 aromatic carbocycles. The fourth-order valence-electron chi connectivity index (χ4n) is 3.02. The first-order valence-electron chi connectivity index (χ1n) is 9.15. The molecule has 0 unspecified atom stereocenters. The molecule has 0 radical (unpaired) electrons. The first kappa shape index (κ1) is 19.9. The van der Waals surface area contributed by atoms with Gasteiger partial charge in [-0.15, -0.1) is 0 Å². The van der Waals surface area contributed by atoms with Gasteiger partial charge in [0.05, 0.1) is 6.42 Å². The van der Waals surface area contributed by atoms with Gasteiger partial charge < -0.3 is 15.0 Å². The van der Waals surface area contributed by atoms with Crippen LogP contribution >= 0.6 is 0 Å². The molecular weight excluding hydrogens is 368 g/mol. The molecule has 1 aromatic heterocycles. The number of hydrogen-bond donors (Lipinski definition) is 1. The van der Waals surface area contributed by atoms with Gasteiger partial charge in [-0.1, -0.05) is 12.1 Å². The van der Waals surface area contributed by atoms with Gasteiger partial charge in [0, 0.05) is 51.7 Å². The molecule has 0 spiro atoms. The molecule has 2 aromatic rings. The zero-order valence-corrected chi connectivity index (χ0v) is 15.4. The average Bonchev–Trinajstić information content (AvgIpc) is 2.70. The Labute approximate surface area is 162 Å². The smallest absolute Gasteiger partial charge is 0.387 e. The molecule has 0 bridgehead atoms. The highest BCUT2D eigenvalue weighted by Gasteiger charge is 2.18. The molecule has 7 nitrogen and oxygen atoms in total. The standard InChI is InChI=1S/C19H23F2N5O2/c20-18(21)28-16-4-2-15(3-5-16)14-17(27)22-8-9-25-10-12-26(13-11-25)19-23-6-1-7-24-19/h1-7,18H,8-14H2,(H,22,27). The Kier molecular flexibility index (Phi) is 7.07. The zero-order chi connectivity index (χ0) is 19.8. The van der Waals surface area contributed by atoms with Crippen LogP contribution in [0.4, 0.5) is 14.7 Å². The van der Waals surface area contributed by atoms with E-state index >= 15 is 0 Å². The molecule has 0 aliphatic carbocycles. The van der Waals surface area contributed by atoms with E-state index < -0.39 is 6.61 Å². The third kappa shape index (κ3) is 6.12. The minimum Gasteiger partial charge on any atom is -0.435 e. The lowest BCUT2D eigenvalue weighted by Gasteiger charge is -2.34. The van der Waals surface area contributed by atoms with E-state index in [1.165, 1.54) is 12.1 Å². The summed E-state index contributed by atoms with van der Waals surface area (Å²) in [7, 11) is 0. The third-order valence-electron chi connectivity index (χ3n) is 4.47. The van der Waals surface area contributed by atoms with E-state index in [4.69, 9.17) is 0 Å². The van der Waals surface area contributed by atoms with Crippen molar-refractivity contribution in [2.75, 3.05) is 44.2 Å². The number of rotatable bonds is 8. The van der Waals surface area contributed by atoms with E-state index in [1.54, 1.807) is 30.6 Å². The van der Waals surface area contributed by atoms with Crippen LogP contribution < -0.4 is 15.0 Å². The van der Waals surface area contributed by atoms with Gasteiger partial charge >= 0.3 is 6.61 Å². The molecule has 3 rings (SSSR count). The van der Waals surface area contributed by atoms with Crippen LogP contribution in [0.3, 0.4) is 0 Å². The number of alkyl halides is 2. The summed E-state index contributed by atoms with van der Waals surface area (Å²) in [6.45, 7) is 1.97. The number of carbonyl (C=O) groups is 1. The Morgan fingerprint density at radius 3 is 2.43 bits per heavy atom. The number of nitrogens with zero attached hydrogens (tertiary/aromatic N) is 4. The summed E-state index contributed by atoms with van der Waals surface area (Å²) >= 11 is 0. The molecule has 1 aliphatic heterocycles. The fourth-order valence-corrected chi connectivity index (χ4v) is 3.02. The van der Waals surface area contributed by atoms with Crippen molar-refractivity contribution in [1.82, 2.24) is 20.2 Å². The second-order valence-corrected chi connectivity index (χ2v) is 6.43. The molecule has 150 valence electrons. The SMILES string of the molecule is O=C(Cc1ccc(OC(F)F)cc1)NCCN1CCN(c2ncccn2)CC1. The van der Waals surface area contributed by atoms with Gasteiger partial charge in [-0.05, 0) is 23.8 Å². The van der Waals surface area contributed by atoms with Gasteiger partial charge in [-0.25, -0.2) is 9.97 Å². The number of piperazine rings is 1. The summed E-state index contributed by atoms with van der Waals surface area (Å²) < 4.78 is 28.6. The highest BCUT2D eigenvalue weighted by Crippen LogP contribution is 2.15. The van der Waals surface area contributed by atoms with Crippen LogP contribution in [0.2, 0.25) is 0 Å². The van der Waals surface area contributed by atoms with Crippen molar-refractivity contribution in [3.63, 3.8) is 0 Å². The predicted octanol–water partition coefficient (Wildman–Crippen LogP) is 1.56. The summed E-state index contributed by atoms with van der Waals surface area (Å²) in [5, 5.41) is 2.90. The number of amides is 1. The van der Waals surface area contributed by atoms with Gasteiger partial charge in [-0.2, -0.15) is 8.78 Å². The molecule has 1 N–H and O–H groups in total. The van der Waals surface area contributed by atoms with Crippen LogP contribution in [0.25, 0.3) is 0 Å².